The molecule has 1 unspecified atom stereocenters. The third-order valence-corrected chi connectivity index (χ3v) is 6.45. The van der Waals surface area contributed by atoms with Crippen molar-refractivity contribution in [1.82, 2.24) is 19.3 Å². The number of aromatic nitrogens is 3. The van der Waals surface area contributed by atoms with Gasteiger partial charge in [0.15, 0.2) is 17.3 Å². The number of hydrogen-bond donors (Lipinski definition) is 0. The van der Waals surface area contributed by atoms with Gasteiger partial charge in [-0.3, -0.25) is 14.1 Å². The number of anilines is 1. The summed E-state index contributed by atoms with van der Waals surface area (Å²) < 4.78 is 21.5. The van der Waals surface area contributed by atoms with Crippen LogP contribution in [0, 0.1) is 12.7 Å². The predicted molar refractivity (Wildman–Crippen MR) is 116 cm³/mol. The summed E-state index contributed by atoms with van der Waals surface area (Å²) in [6.07, 6.45) is 4.37. The van der Waals surface area contributed by atoms with E-state index < -0.39 is 5.82 Å². The third kappa shape index (κ3) is 3.09. The van der Waals surface area contributed by atoms with Gasteiger partial charge in [0.1, 0.15) is 11.2 Å². The highest BCUT2D eigenvalue weighted by Gasteiger charge is 2.30. The SMILES string of the molecule is Cc1nc2c(F)cc(-c3cc(=O)n4cc(N5CCN6CCCC6C5)ccc4n3)cc2o1. The van der Waals surface area contributed by atoms with Gasteiger partial charge in [0.25, 0.3) is 5.56 Å². The highest BCUT2D eigenvalue weighted by atomic mass is 19.1. The summed E-state index contributed by atoms with van der Waals surface area (Å²) in [6, 6.07) is 8.93. The van der Waals surface area contributed by atoms with E-state index in [1.807, 2.05) is 18.3 Å². The highest BCUT2D eigenvalue weighted by molar-refractivity contribution is 5.80. The Kier molecular flexibility index (Phi) is 4.11. The van der Waals surface area contributed by atoms with E-state index in [4.69, 9.17) is 4.42 Å². The second kappa shape index (κ2) is 6.88. The van der Waals surface area contributed by atoms with Crippen LogP contribution in [0.25, 0.3) is 28.0 Å². The van der Waals surface area contributed by atoms with Crippen molar-refractivity contribution in [2.45, 2.75) is 25.8 Å². The summed E-state index contributed by atoms with van der Waals surface area (Å²) in [5.41, 5.74) is 2.78. The van der Waals surface area contributed by atoms with E-state index in [1.54, 1.807) is 17.4 Å². The lowest BCUT2D eigenvalue weighted by Crippen LogP contribution is -2.50. The molecule has 3 aromatic heterocycles. The fourth-order valence-electron chi connectivity index (χ4n) is 4.90. The van der Waals surface area contributed by atoms with Gasteiger partial charge in [0, 0.05) is 50.4 Å². The lowest BCUT2D eigenvalue weighted by molar-refractivity contribution is 0.231. The first-order valence-electron chi connectivity index (χ1n) is 10.6. The van der Waals surface area contributed by atoms with Crippen molar-refractivity contribution in [3.05, 3.63) is 58.6 Å². The minimum atomic E-state index is -0.493. The van der Waals surface area contributed by atoms with E-state index in [0.717, 1.165) is 25.3 Å². The van der Waals surface area contributed by atoms with Crippen LogP contribution in [-0.4, -0.2) is 51.5 Å². The molecule has 2 aliphatic heterocycles. The highest BCUT2D eigenvalue weighted by Crippen LogP contribution is 2.28. The molecule has 0 aliphatic carbocycles. The van der Waals surface area contributed by atoms with Crippen molar-refractivity contribution in [2.75, 3.05) is 31.1 Å². The predicted octanol–water partition coefficient (Wildman–Crippen LogP) is 3.23. The third-order valence-electron chi connectivity index (χ3n) is 6.45. The minimum absolute atomic E-state index is 0.186. The van der Waals surface area contributed by atoms with Crippen LogP contribution in [0.3, 0.4) is 0 Å². The Balaban J connectivity index is 1.38. The number of piperazine rings is 1. The molecule has 6 rings (SSSR count). The van der Waals surface area contributed by atoms with Crippen LogP contribution in [0.2, 0.25) is 0 Å². The zero-order chi connectivity index (χ0) is 21.1. The average Bonchev–Trinajstić information content (AvgIpc) is 3.38. The first-order valence-corrected chi connectivity index (χ1v) is 10.6. The topological polar surface area (TPSA) is 66.9 Å². The van der Waals surface area contributed by atoms with Gasteiger partial charge in [-0.05, 0) is 43.7 Å². The zero-order valence-electron chi connectivity index (χ0n) is 17.2. The second-order valence-electron chi connectivity index (χ2n) is 8.41. The quantitative estimate of drug-likeness (QED) is 0.497. The van der Waals surface area contributed by atoms with Crippen LogP contribution in [0.1, 0.15) is 18.7 Å². The van der Waals surface area contributed by atoms with Crippen molar-refractivity contribution in [2.24, 2.45) is 0 Å². The maximum absolute atomic E-state index is 14.5. The molecule has 0 spiro atoms. The first-order chi connectivity index (χ1) is 15.0. The number of halogens is 1. The van der Waals surface area contributed by atoms with Crippen molar-refractivity contribution in [3.63, 3.8) is 0 Å². The summed E-state index contributed by atoms with van der Waals surface area (Å²) >= 11 is 0. The largest absolute Gasteiger partial charge is 0.441 e. The molecule has 2 aliphatic rings. The molecule has 2 saturated heterocycles. The average molecular weight is 419 g/mol. The van der Waals surface area contributed by atoms with E-state index in [2.05, 4.69) is 19.8 Å². The molecule has 4 aromatic rings. The molecule has 0 radical (unpaired) electrons. The summed E-state index contributed by atoms with van der Waals surface area (Å²) in [5, 5.41) is 0. The van der Waals surface area contributed by atoms with Crippen LogP contribution in [-0.2, 0) is 0 Å². The molecule has 0 N–H and O–H groups in total. The van der Waals surface area contributed by atoms with Crippen LogP contribution in [0.4, 0.5) is 10.1 Å². The van der Waals surface area contributed by atoms with Gasteiger partial charge in [-0.1, -0.05) is 0 Å². The lowest BCUT2D eigenvalue weighted by Gasteiger charge is -2.38. The Bertz CT molecular complexity index is 1380. The number of hydrogen-bond acceptors (Lipinski definition) is 6. The van der Waals surface area contributed by atoms with Gasteiger partial charge in [-0.25, -0.2) is 14.4 Å². The van der Waals surface area contributed by atoms with Crippen LogP contribution < -0.4 is 10.5 Å². The maximum atomic E-state index is 14.5. The molecule has 1 atom stereocenters. The van der Waals surface area contributed by atoms with Crippen molar-refractivity contribution in [1.29, 1.82) is 0 Å². The first kappa shape index (κ1) is 18.5. The number of aryl methyl sites for hydroxylation is 1. The molecule has 158 valence electrons. The van der Waals surface area contributed by atoms with Gasteiger partial charge in [0.05, 0.1) is 11.4 Å². The Morgan fingerprint density at radius 1 is 1.13 bits per heavy atom. The lowest BCUT2D eigenvalue weighted by atomic mass is 10.1. The molecule has 7 nitrogen and oxygen atoms in total. The summed E-state index contributed by atoms with van der Waals surface area (Å²) in [7, 11) is 0. The summed E-state index contributed by atoms with van der Waals surface area (Å²) in [5.74, 6) is -0.101. The zero-order valence-corrected chi connectivity index (χ0v) is 17.2. The van der Waals surface area contributed by atoms with Gasteiger partial charge in [0.2, 0.25) is 0 Å². The molecule has 31 heavy (non-hydrogen) atoms. The number of nitrogens with zero attached hydrogens (tertiary/aromatic N) is 5. The fourth-order valence-corrected chi connectivity index (χ4v) is 4.90. The van der Waals surface area contributed by atoms with E-state index in [-0.39, 0.29) is 11.1 Å². The number of oxazole rings is 1. The smallest absolute Gasteiger partial charge is 0.258 e. The van der Waals surface area contributed by atoms with Crippen molar-refractivity contribution < 1.29 is 8.81 Å². The maximum Gasteiger partial charge on any atom is 0.258 e. The Labute approximate surface area is 177 Å². The Morgan fingerprint density at radius 3 is 2.94 bits per heavy atom. The fraction of sp³-hybridized carbons (Fsp3) is 0.348. The van der Waals surface area contributed by atoms with E-state index in [9.17, 15) is 9.18 Å². The van der Waals surface area contributed by atoms with Crippen molar-refractivity contribution >= 4 is 22.4 Å². The molecule has 0 saturated carbocycles. The van der Waals surface area contributed by atoms with Gasteiger partial charge < -0.3 is 9.32 Å². The Morgan fingerprint density at radius 2 is 2.03 bits per heavy atom. The molecule has 5 heterocycles. The minimum Gasteiger partial charge on any atom is -0.441 e. The molecule has 1 aromatic carbocycles. The Hall–Kier alpha value is -3.26. The number of fused-ring (bicyclic) bond motifs is 3. The monoisotopic (exact) mass is 419 g/mol. The molecular formula is C23H22FN5O2. The van der Waals surface area contributed by atoms with Gasteiger partial charge in [-0.2, -0.15) is 0 Å². The van der Waals surface area contributed by atoms with E-state index in [1.165, 1.54) is 31.5 Å². The normalized spacial score (nSPS) is 19.4. The van der Waals surface area contributed by atoms with Crippen molar-refractivity contribution in [3.8, 4) is 11.3 Å². The summed E-state index contributed by atoms with van der Waals surface area (Å²) in [6.45, 7) is 5.87. The second-order valence-corrected chi connectivity index (χ2v) is 8.41. The molecule has 0 bridgehead atoms. The number of benzene rings is 1. The van der Waals surface area contributed by atoms with Crippen LogP contribution in [0.5, 0.6) is 0 Å². The van der Waals surface area contributed by atoms with Gasteiger partial charge >= 0.3 is 0 Å². The van der Waals surface area contributed by atoms with Crippen LogP contribution in [0.15, 0.2) is 45.7 Å². The molecule has 8 heteroatoms. The molecule has 2 fully saturated rings. The van der Waals surface area contributed by atoms with Gasteiger partial charge in [-0.15, -0.1) is 0 Å². The molecular weight excluding hydrogens is 397 g/mol. The molecule has 0 amide bonds. The van der Waals surface area contributed by atoms with Crippen LogP contribution >= 0.6 is 0 Å². The number of rotatable bonds is 2. The summed E-state index contributed by atoms with van der Waals surface area (Å²) in [4.78, 5) is 26.5. The van der Waals surface area contributed by atoms with E-state index >= 15 is 0 Å². The standard InChI is InChI=1S/C23H22FN5O2/c1-14-25-23-18(24)9-15(10-20(23)31-14)19-11-22(30)29-13-17(4-5-21(29)26-19)28-8-7-27-6-2-3-16(27)12-28/h4-5,9-11,13,16H,2-3,6-8,12H2,1H3. The van der Waals surface area contributed by atoms with E-state index in [0.29, 0.717) is 34.4 Å². The number of pyridine rings is 1.